The summed E-state index contributed by atoms with van der Waals surface area (Å²) in [7, 11) is 2.03. The number of hydrogen-bond donors (Lipinski definition) is 1. The van der Waals surface area contributed by atoms with Gasteiger partial charge in [0, 0.05) is 10.8 Å². The van der Waals surface area contributed by atoms with Crippen molar-refractivity contribution < 1.29 is 4.42 Å². The monoisotopic (exact) mass is 369 g/mol. The van der Waals surface area contributed by atoms with Crippen LogP contribution in [0.15, 0.2) is 21.3 Å². The van der Waals surface area contributed by atoms with Gasteiger partial charge in [-0.1, -0.05) is 6.92 Å². The molecule has 3 aromatic heterocycles. The van der Waals surface area contributed by atoms with Crippen LogP contribution in [0.2, 0.25) is 0 Å². The Kier molecular flexibility index (Phi) is 3.79. The van der Waals surface area contributed by atoms with Gasteiger partial charge in [0.05, 0.1) is 18.5 Å². The van der Waals surface area contributed by atoms with Crippen molar-refractivity contribution in [1.29, 1.82) is 0 Å². The van der Waals surface area contributed by atoms with Gasteiger partial charge in [0.1, 0.15) is 22.2 Å². The Morgan fingerprint density at radius 3 is 3.00 bits per heavy atom. The molecule has 6 heteroatoms. The number of aromatic amines is 1. The Bertz CT molecular complexity index is 1030. The number of furan rings is 1. The van der Waals surface area contributed by atoms with Gasteiger partial charge in [0.2, 0.25) is 0 Å². The molecule has 0 spiro atoms. The Hall–Kier alpha value is -1.92. The van der Waals surface area contributed by atoms with Crippen LogP contribution in [0.5, 0.6) is 0 Å². The second kappa shape index (κ2) is 6.06. The predicted octanol–water partition coefficient (Wildman–Crippen LogP) is 3.82. The number of hydrogen-bond acceptors (Lipinski definition) is 5. The molecule has 0 saturated heterocycles. The highest BCUT2D eigenvalue weighted by Crippen LogP contribution is 2.47. The zero-order chi connectivity index (χ0) is 17.8. The minimum atomic E-state index is 0.0146. The number of H-pyrrole nitrogens is 1. The topological polar surface area (TPSA) is 62.1 Å². The molecule has 1 N–H and O–H groups in total. The molecule has 136 valence electrons. The van der Waals surface area contributed by atoms with Gasteiger partial charge in [0.25, 0.3) is 5.56 Å². The molecule has 3 aromatic rings. The molecule has 2 atom stereocenters. The smallest absolute Gasteiger partial charge is 0.259 e. The molecule has 26 heavy (non-hydrogen) atoms. The van der Waals surface area contributed by atoms with Gasteiger partial charge < -0.3 is 9.40 Å². The molecule has 0 aliphatic heterocycles. The molecule has 0 bridgehead atoms. The van der Waals surface area contributed by atoms with Gasteiger partial charge in [-0.05, 0) is 56.3 Å². The molecule has 0 unspecified atom stereocenters. The third kappa shape index (κ3) is 2.81. The van der Waals surface area contributed by atoms with Crippen molar-refractivity contribution in [2.45, 2.75) is 51.6 Å². The molecule has 2 aliphatic rings. The lowest BCUT2D eigenvalue weighted by atomic mass is 10.2. The van der Waals surface area contributed by atoms with E-state index in [0.29, 0.717) is 19.0 Å². The van der Waals surface area contributed by atoms with E-state index in [1.54, 1.807) is 11.3 Å². The summed E-state index contributed by atoms with van der Waals surface area (Å²) in [5.41, 5.74) is 1.25. The lowest BCUT2D eigenvalue weighted by molar-refractivity contribution is 0.277. The van der Waals surface area contributed by atoms with Gasteiger partial charge in [-0.3, -0.25) is 9.69 Å². The van der Waals surface area contributed by atoms with E-state index in [9.17, 15) is 4.79 Å². The predicted molar refractivity (Wildman–Crippen MR) is 103 cm³/mol. The van der Waals surface area contributed by atoms with Gasteiger partial charge in [0.15, 0.2) is 0 Å². The summed E-state index contributed by atoms with van der Waals surface area (Å²) in [6, 6.07) is 4.18. The first-order valence-corrected chi connectivity index (χ1v) is 10.2. The molecular weight excluding hydrogens is 346 g/mol. The number of thiophene rings is 1. The summed E-state index contributed by atoms with van der Waals surface area (Å²) in [5, 5.41) is 0.822. The lowest BCUT2D eigenvalue weighted by Gasteiger charge is -2.14. The maximum absolute atomic E-state index is 12.6. The Morgan fingerprint density at radius 1 is 1.35 bits per heavy atom. The van der Waals surface area contributed by atoms with E-state index in [1.807, 2.05) is 7.05 Å². The second-order valence-electron chi connectivity index (χ2n) is 7.85. The van der Waals surface area contributed by atoms with Crippen LogP contribution in [0.3, 0.4) is 0 Å². The highest BCUT2D eigenvalue weighted by Gasteiger charge is 2.36. The van der Waals surface area contributed by atoms with Crippen molar-refractivity contribution in [3.8, 4) is 0 Å². The van der Waals surface area contributed by atoms with Crippen LogP contribution in [0.1, 0.15) is 53.5 Å². The van der Waals surface area contributed by atoms with Crippen molar-refractivity contribution in [3.05, 3.63) is 50.3 Å². The average Bonchev–Trinajstić information content (AvgIpc) is 2.96. The largest absolute Gasteiger partial charge is 0.464 e. The summed E-state index contributed by atoms with van der Waals surface area (Å²) in [5.74, 6) is 4.17. The summed E-state index contributed by atoms with van der Waals surface area (Å²) in [6.07, 6.45) is 4.50. The van der Waals surface area contributed by atoms with E-state index in [2.05, 4.69) is 28.9 Å². The molecular formula is C20H23N3O2S. The molecule has 0 aromatic carbocycles. The number of aromatic nitrogens is 2. The summed E-state index contributed by atoms with van der Waals surface area (Å²) in [4.78, 5) is 24.6. The second-order valence-corrected chi connectivity index (χ2v) is 8.93. The minimum absolute atomic E-state index is 0.0146. The molecule has 5 nitrogen and oxygen atoms in total. The molecule has 0 amide bonds. The fourth-order valence-corrected chi connectivity index (χ4v) is 5.38. The van der Waals surface area contributed by atoms with Crippen LogP contribution in [0.4, 0.5) is 0 Å². The highest BCUT2D eigenvalue weighted by atomic mass is 32.1. The van der Waals surface area contributed by atoms with E-state index < -0.39 is 0 Å². The van der Waals surface area contributed by atoms with Crippen LogP contribution in [0.25, 0.3) is 10.2 Å². The molecule has 2 aliphatic carbocycles. The fraction of sp³-hybridized carbons (Fsp3) is 0.500. The van der Waals surface area contributed by atoms with Gasteiger partial charge in [-0.15, -0.1) is 11.3 Å². The molecule has 5 rings (SSSR count). The van der Waals surface area contributed by atoms with Gasteiger partial charge in [-0.25, -0.2) is 4.98 Å². The number of aryl methyl sites for hydroxylation is 2. The molecule has 1 saturated carbocycles. The third-order valence-corrected chi connectivity index (χ3v) is 6.81. The zero-order valence-electron chi connectivity index (χ0n) is 15.2. The van der Waals surface area contributed by atoms with Gasteiger partial charge in [-0.2, -0.15) is 0 Å². The fourth-order valence-electron chi connectivity index (χ4n) is 4.10. The van der Waals surface area contributed by atoms with Crippen LogP contribution < -0.4 is 5.56 Å². The van der Waals surface area contributed by atoms with Crippen molar-refractivity contribution in [1.82, 2.24) is 14.9 Å². The lowest BCUT2D eigenvalue weighted by Crippen LogP contribution is -2.21. The van der Waals surface area contributed by atoms with Crippen molar-refractivity contribution in [2.75, 3.05) is 7.05 Å². The van der Waals surface area contributed by atoms with E-state index in [0.717, 1.165) is 52.7 Å². The van der Waals surface area contributed by atoms with E-state index in [4.69, 9.17) is 9.40 Å². The summed E-state index contributed by atoms with van der Waals surface area (Å²) in [6.45, 7) is 3.57. The summed E-state index contributed by atoms with van der Waals surface area (Å²) >= 11 is 1.69. The third-order valence-electron chi connectivity index (χ3n) is 5.63. The van der Waals surface area contributed by atoms with E-state index in [-0.39, 0.29) is 5.56 Å². The summed E-state index contributed by atoms with van der Waals surface area (Å²) < 4.78 is 5.99. The van der Waals surface area contributed by atoms with Crippen molar-refractivity contribution in [3.63, 3.8) is 0 Å². The maximum Gasteiger partial charge on any atom is 0.259 e. The van der Waals surface area contributed by atoms with Crippen LogP contribution in [-0.4, -0.2) is 21.9 Å². The Balaban J connectivity index is 1.32. The number of fused-ring (bicyclic) bond motifs is 3. The zero-order valence-corrected chi connectivity index (χ0v) is 16.0. The first-order chi connectivity index (χ1) is 12.6. The Labute approximate surface area is 156 Å². The van der Waals surface area contributed by atoms with E-state index >= 15 is 0 Å². The number of rotatable bonds is 5. The Morgan fingerprint density at radius 2 is 2.19 bits per heavy atom. The standard InChI is InChI=1S/C20H23N3O2S/c1-11-8-14(11)15-7-6-12(25-15)9-23(2)10-17-21-19(24)18-13-4-3-5-16(13)26-20(18)22-17/h6-7,11,14H,3-5,8-10H2,1-2H3,(H,21,22,24)/t11-,14+/m1/s1. The van der Waals surface area contributed by atoms with Crippen molar-refractivity contribution in [2.24, 2.45) is 5.92 Å². The average molecular weight is 369 g/mol. The molecule has 1 fully saturated rings. The van der Waals surface area contributed by atoms with Crippen LogP contribution >= 0.6 is 11.3 Å². The number of nitrogens with one attached hydrogen (secondary N) is 1. The van der Waals surface area contributed by atoms with Crippen LogP contribution in [0, 0.1) is 5.92 Å². The number of nitrogens with zero attached hydrogens (tertiary/aromatic N) is 2. The quantitative estimate of drug-likeness (QED) is 0.743. The SMILES string of the molecule is C[C@@H]1C[C@@H]1c1ccc(CN(C)Cc2nc3sc4c(c3c(=O)[nH]2)CCC4)o1. The first-order valence-electron chi connectivity index (χ1n) is 9.39. The minimum Gasteiger partial charge on any atom is -0.464 e. The maximum atomic E-state index is 12.6. The molecule has 0 radical (unpaired) electrons. The van der Waals surface area contributed by atoms with Crippen LogP contribution in [-0.2, 0) is 25.9 Å². The molecule has 3 heterocycles. The van der Waals surface area contributed by atoms with E-state index in [1.165, 1.54) is 16.9 Å². The normalized spacial score (nSPS) is 21.7. The van der Waals surface area contributed by atoms with Crippen molar-refractivity contribution >= 4 is 21.6 Å². The highest BCUT2D eigenvalue weighted by molar-refractivity contribution is 7.18. The van der Waals surface area contributed by atoms with Gasteiger partial charge >= 0.3 is 0 Å². The first kappa shape index (κ1) is 16.3.